The molecule has 0 aliphatic rings. The van der Waals surface area contributed by atoms with Crippen molar-refractivity contribution in [1.29, 1.82) is 0 Å². The lowest BCUT2D eigenvalue weighted by atomic mass is 10.0. The lowest BCUT2D eigenvalue weighted by molar-refractivity contribution is -0.151. The average Bonchev–Trinajstić information content (AvgIpc) is 2.32. The fraction of sp³-hybridized carbons (Fsp3) is 0.800. The van der Waals surface area contributed by atoms with E-state index in [-0.39, 0.29) is 24.8 Å². The van der Waals surface area contributed by atoms with Gasteiger partial charge in [-0.2, -0.15) is 0 Å². The Kier molecular flexibility index (Phi) is 7.35. The zero-order chi connectivity index (χ0) is 17.7. The van der Waals surface area contributed by atoms with Crippen LogP contribution < -0.4 is 0 Å². The molecule has 0 rings (SSSR count). The van der Waals surface area contributed by atoms with Crippen LogP contribution in [-0.2, 0) is 14.3 Å². The van der Waals surface area contributed by atoms with Crippen molar-refractivity contribution in [2.75, 3.05) is 20.6 Å². The molecule has 0 spiro atoms. The first kappa shape index (κ1) is 20.2. The number of ether oxygens (including phenoxy) is 1. The number of carboxylic acid groups (broad SMARTS) is 1. The monoisotopic (exact) mass is 316 g/mol. The summed E-state index contributed by atoms with van der Waals surface area (Å²) >= 11 is 0. The summed E-state index contributed by atoms with van der Waals surface area (Å²) in [5.74, 6) is -1.56. The number of carbonyl (C=O) groups is 3. The van der Waals surface area contributed by atoms with E-state index in [1.165, 1.54) is 16.8 Å². The molecule has 1 N–H and O–H groups in total. The molecule has 0 heterocycles. The molecule has 0 fully saturated rings. The van der Waals surface area contributed by atoms with E-state index in [1.807, 2.05) is 0 Å². The maximum Gasteiger partial charge on any atom is 0.410 e. The van der Waals surface area contributed by atoms with Gasteiger partial charge in [0, 0.05) is 27.1 Å². The SMILES string of the molecule is CC(C)C(C(=O)O)N(C)C(=O)CCN(C)C(=O)OC(C)(C)C. The maximum absolute atomic E-state index is 12.1. The quantitative estimate of drug-likeness (QED) is 0.807. The molecule has 0 aromatic rings. The summed E-state index contributed by atoms with van der Waals surface area (Å²) in [7, 11) is 3.01. The fourth-order valence-electron chi connectivity index (χ4n) is 1.92. The lowest BCUT2D eigenvalue weighted by Crippen LogP contribution is -2.46. The van der Waals surface area contributed by atoms with Crippen molar-refractivity contribution in [1.82, 2.24) is 9.80 Å². The highest BCUT2D eigenvalue weighted by molar-refractivity contribution is 5.84. The minimum atomic E-state index is -1.04. The van der Waals surface area contributed by atoms with Crippen LogP contribution in [0.15, 0.2) is 0 Å². The molecule has 1 atom stereocenters. The Morgan fingerprint density at radius 2 is 1.64 bits per heavy atom. The Morgan fingerprint density at radius 1 is 1.14 bits per heavy atom. The number of likely N-dealkylation sites (N-methyl/N-ethyl adjacent to an activating group) is 1. The van der Waals surface area contributed by atoms with Gasteiger partial charge in [0.15, 0.2) is 0 Å². The van der Waals surface area contributed by atoms with Gasteiger partial charge in [-0.15, -0.1) is 0 Å². The van der Waals surface area contributed by atoms with E-state index in [2.05, 4.69) is 0 Å². The summed E-state index contributed by atoms with van der Waals surface area (Å²) in [5, 5.41) is 9.18. The number of carboxylic acids is 1. The number of hydrogen-bond donors (Lipinski definition) is 1. The van der Waals surface area contributed by atoms with Crippen LogP contribution in [0.5, 0.6) is 0 Å². The van der Waals surface area contributed by atoms with Gasteiger partial charge in [0.2, 0.25) is 5.91 Å². The van der Waals surface area contributed by atoms with Crippen LogP contribution in [-0.4, -0.2) is 65.2 Å². The molecule has 128 valence electrons. The molecule has 0 aromatic heterocycles. The van der Waals surface area contributed by atoms with E-state index in [4.69, 9.17) is 4.74 Å². The fourth-order valence-corrected chi connectivity index (χ4v) is 1.92. The summed E-state index contributed by atoms with van der Waals surface area (Å²) in [5.41, 5.74) is -0.599. The van der Waals surface area contributed by atoms with Crippen LogP contribution in [0.25, 0.3) is 0 Å². The van der Waals surface area contributed by atoms with Gasteiger partial charge in [0.1, 0.15) is 11.6 Å². The largest absolute Gasteiger partial charge is 0.480 e. The van der Waals surface area contributed by atoms with Crippen LogP contribution >= 0.6 is 0 Å². The highest BCUT2D eigenvalue weighted by atomic mass is 16.6. The Labute approximate surface area is 132 Å². The molecule has 1 unspecified atom stereocenters. The highest BCUT2D eigenvalue weighted by Crippen LogP contribution is 2.12. The Morgan fingerprint density at radius 3 is 2.00 bits per heavy atom. The van der Waals surface area contributed by atoms with Crippen LogP contribution in [0.2, 0.25) is 0 Å². The minimum Gasteiger partial charge on any atom is -0.480 e. The molecule has 0 saturated heterocycles. The number of carbonyl (C=O) groups excluding carboxylic acids is 2. The molecule has 0 saturated carbocycles. The van der Waals surface area contributed by atoms with E-state index in [9.17, 15) is 19.5 Å². The molecule has 0 bridgehead atoms. The van der Waals surface area contributed by atoms with Crippen molar-refractivity contribution < 1.29 is 24.2 Å². The first-order chi connectivity index (χ1) is 9.86. The van der Waals surface area contributed by atoms with Gasteiger partial charge in [0.25, 0.3) is 0 Å². The van der Waals surface area contributed by atoms with Crippen molar-refractivity contribution in [3.05, 3.63) is 0 Å². The van der Waals surface area contributed by atoms with E-state index in [0.717, 1.165) is 0 Å². The topological polar surface area (TPSA) is 87.2 Å². The van der Waals surface area contributed by atoms with E-state index in [0.29, 0.717) is 0 Å². The third-order valence-electron chi connectivity index (χ3n) is 3.06. The predicted octanol–water partition coefficient (Wildman–Crippen LogP) is 1.81. The van der Waals surface area contributed by atoms with E-state index >= 15 is 0 Å². The molecule has 7 heteroatoms. The summed E-state index contributed by atoms with van der Waals surface area (Å²) in [6.07, 6.45) is -0.468. The Bertz CT molecular complexity index is 415. The molecule has 0 radical (unpaired) electrons. The van der Waals surface area contributed by atoms with Crippen LogP contribution in [0.3, 0.4) is 0 Å². The first-order valence-corrected chi connectivity index (χ1v) is 7.29. The van der Waals surface area contributed by atoms with Crippen molar-refractivity contribution >= 4 is 18.0 Å². The molecule has 2 amide bonds. The maximum atomic E-state index is 12.1. The van der Waals surface area contributed by atoms with Gasteiger partial charge >= 0.3 is 12.1 Å². The minimum absolute atomic E-state index is 0.0444. The zero-order valence-electron chi connectivity index (χ0n) is 14.5. The highest BCUT2D eigenvalue weighted by Gasteiger charge is 2.29. The van der Waals surface area contributed by atoms with Gasteiger partial charge in [-0.05, 0) is 26.7 Å². The van der Waals surface area contributed by atoms with Gasteiger partial charge < -0.3 is 19.6 Å². The number of aliphatic carboxylic acids is 1. The van der Waals surface area contributed by atoms with Crippen molar-refractivity contribution in [2.24, 2.45) is 5.92 Å². The number of amides is 2. The second kappa shape index (κ2) is 8.00. The molecule has 7 nitrogen and oxygen atoms in total. The van der Waals surface area contributed by atoms with Gasteiger partial charge in [-0.25, -0.2) is 9.59 Å². The van der Waals surface area contributed by atoms with E-state index < -0.39 is 23.7 Å². The molecule has 0 aromatic carbocycles. The third-order valence-corrected chi connectivity index (χ3v) is 3.06. The Balaban J connectivity index is 4.55. The third kappa shape index (κ3) is 6.78. The second-order valence-corrected chi connectivity index (χ2v) is 6.68. The number of rotatable bonds is 6. The zero-order valence-corrected chi connectivity index (χ0v) is 14.5. The summed E-state index contributed by atoms with van der Waals surface area (Å²) in [6, 6.07) is -0.876. The van der Waals surface area contributed by atoms with Crippen molar-refractivity contribution in [2.45, 2.75) is 52.7 Å². The van der Waals surface area contributed by atoms with Crippen LogP contribution in [0.4, 0.5) is 4.79 Å². The summed E-state index contributed by atoms with van der Waals surface area (Å²) in [6.45, 7) is 8.95. The number of nitrogens with zero attached hydrogens (tertiary/aromatic N) is 2. The second-order valence-electron chi connectivity index (χ2n) is 6.68. The van der Waals surface area contributed by atoms with Gasteiger partial charge in [-0.1, -0.05) is 13.8 Å². The molecular weight excluding hydrogens is 288 g/mol. The molecule has 22 heavy (non-hydrogen) atoms. The predicted molar refractivity (Wildman–Crippen MR) is 82.5 cm³/mol. The van der Waals surface area contributed by atoms with E-state index in [1.54, 1.807) is 41.7 Å². The van der Waals surface area contributed by atoms with Crippen molar-refractivity contribution in [3.8, 4) is 0 Å². The lowest BCUT2D eigenvalue weighted by Gasteiger charge is -2.29. The van der Waals surface area contributed by atoms with Crippen LogP contribution in [0.1, 0.15) is 41.0 Å². The Hall–Kier alpha value is -1.79. The smallest absolute Gasteiger partial charge is 0.410 e. The number of hydrogen-bond acceptors (Lipinski definition) is 4. The molecular formula is C15H28N2O5. The molecule has 0 aliphatic carbocycles. The normalized spacial score (nSPS) is 12.7. The first-order valence-electron chi connectivity index (χ1n) is 7.29. The summed E-state index contributed by atoms with van der Waals surface area (Å²) < 4.78 is 5.18. The average molecular weight is 316 g/mol. The van der Waals surface area contributed by atoms with Crippen LogP contribution in [0, 0.1) is 5.92 Å². The van der Waals surface area contributed by atoms with Gasteiger partial charge in [0.05, 0.1) is 0 Å². The molecule has 0 aliphatic heterocycles. The summed E-state index contributed by atoms with van der Waals surface area (Å²) in [4.78, 5) is 37.6. The van der Waals surface area contributed by atoms with Gasteiger partial charge in [-0.3, -0.25) is 4.79 Å². The standard InChI is InChI=1S/C15H28N2O5/c1-10(2)12(13(19)20)17(7)11(18)8-9-16(6)14(21)22-15(3,4)5/h10,12H,8-9H2,1-7H3,(H,19,20). The van der Waals surface area contributed by atoms with Crippen molar-refractivity contribution in [3.63, 3.8) is 0 Å².